The molecule has 6 heteroatoms. The van der Waals surface area contributed by atoms with E-state index in [1.54, 1.807) is 12.1 Å². The van der Waals surface area contributed by atoms with Crippen LogP contribution >= 0.6 is 0 Å². The van der Waals surface area contributed by atoms with E-state index in [-0.39, 0.29) is 12.4 Å². The van der Waals surface area contributed by atoms with Crippen LogP contribution in [0.1, 0.15) is 5.56 Å². The molecule has 0 saturated carbocycles. The molecule has 0 unspecified atom stereocenters. The Labute approximate surface area is 79.3 Å². The van der Waals surface area contributed by atoms with E-state index in [9.17, 15) is 4.39 Å². The van der Waals surface area contributed by atoms with Gasteiger partial charge in [-0.1, -0.05) is 0 Å². The maximum Gasteiger partial charge on any atom is 0.143 e. The second-order valence-corrected chi connectivity index (χ2v) is 2.73. The summed E-state index contributed by atoms with van der Waals surface area (Å²) in [5.74, 6) is -0.315. The van der Waals surface area contributed by atoms with Crippen molar-refractivity contribution in [1.82, 2.24) is 20.2 Å². The number of benzene rings is 1. The molecule has 1 aromatic carbocycles. The second-order valence-electron chi connectivity index (χ2n) is 2.73. The first-order valence-corrected chi connectivity index (χ1v) is 4.03. The van der Waals surface area contributed by atoms with Crippen molar-refractivity contribution in [2.24, 2.45) is 5.73 Å². The molecule has 0 atom stereocenters. The summed E-state index contributed by atoms with van der Waals surface area (Å²) in [7, 11) is 0. The third-order valence-electron chi connectivity index (χ3n) is 1.86. The van der Waals surface area contributed by atoms with Gasteiger partial charge in [-0.15, -0.1) is 5.10 Å². The first kappa shape index (κ1) is 8.76. The van der Waals surface area contributed by atoms with Crippen molar-refractivity contribution >= 4 is 0 Å². The molecule has 0 aliphatic rings. The highest BCUT2D eigenvalue weighted by Gasteiger charge is 2.03. The predicted molar refractivity (Wildman–Crippen MR) is 47.0 cm³/mol. The van der Waals surface area contributed by atoms with Gasteiger partial charge in [0.2, 0.25) is 0 Å². The molecular weight excluding hydrogens is 185 g/mol. The molecule has 0 bridgehead atoms. The lowest BCUT2D eigenvalue weighted by molar-refractivity contribution is 0.609. The molecule has 72 valence electrons. The zero-order valence-corrected chi connectivity index (χ0v) is 7.26. The number of nitrogens with two attached hydrogens (primary N) is 1. The average molecular weight is 193 g/mol. The van der Waals surface area contributed by atoms with Gasteiger partial charge in [0, 0.05) is 12.1 Å². The van der Waals surface area contributed by atoms with Crippen LogP contribution in [0.2, 0.25) is 0 Å². The van der Waals surface area contributed by atoms with Crippen LogP contribution in [0.4, 0.5) is 4.39 Å². The monoisotopic (exact) mass is 193 g/mol. The van der Waals surface area contributed by atoms with Gasteiger partial charge in [-0.05, 0) is 28.6 Å². The quantitative estimate of drug-likeness (QED) is 0.742. The Morgan fingerprint density at radius 3 is 2.93 bits per heavy atom. The Bertz CT molecular complexity index is 425. The molecule has 0 aliphatic heterocycles. The average Bonchev–Trinajstić information content (AvgIpc) is 2.71. The molecule has 0 radical (unpaired) electrons. The minimum absolute atomic E-state index is 0.155. The number of nitrogens with zero attached hydrogens (tertiary/aromatic N) is 4. The minimum Gasteiger partial charge on any atom is -0.326 e. The van der Waals surface area contributed by atoms with Crippen LogP contribution < -0.4 is 5.73 Å². The highest BCUT2D eigenvalue weighted by Crippen LogP contribution is 2.12. The lowest BCUT2D eigenvalue weighted by atomic mass is 10.2. The SMILES string of the molecule is NCc1cc(-n2cnnn2)ccc1F. The van der Waals surface area contributed by atoms with E-state index in [0.717, 1.165) is 0 Å². The molecule has 0 spiro atoms. The normalized spacial score (nSPS) is 10.4. The van der Waals surface area contributed by atoms with Crippen molar-refractivity contribution in [3.63, 3.8) is 0 Å². The van der Waals surface area contributed by atoms with E-state index < -0.39 is 0 Å². The molecule has 14 heavy (non-hydrogen) atoms. The van der Waals surface area contributed by atoms with Crippen LogP contribution in [0, 0.1) is 5.82 Å². The first-order valence-electron chi connectivity index (χ1n) is 4.03. The minimum atomic E-state index is -0.315. The first-order chi connectivity index (χ1) is 6.81. The van der Waals surface area contributed by atoms with E-state index in [4.69, 9.17) is 5.73 Å². The van der Waals surface area contributed by atoms with Gasteiger partial charge < -0.3 is 5.73 Å². The van der Waals surface area contributed by atoms with Crippen molar-refractivity contribution in [3.8, 4) is 5.69 Å². The van der Waals surface area contributed by atoms with Crippen molar-refractivity contribution < 1.29 is 4.39 Å². The largest absolute Gasteiger partial charge is 0.326 e. The number of tetrazole rings is 1. The van der Waals surface area contributed by atoms with Crippen LogP contribution in [-0.2, 0) is 6.54 Å². The summed E-state index contributed by atoms with van der Waals surface area (Å²) < 4.78 is 14.5. The Kier molecular flexibility index (Phi) is 2.19. The third-order valence-corrected chi connectivity index (χ3v) is 1.86. The van der Waals surface area contributed by atoms with Crippen molar-refractivity contribution in [2.45, 2.75) is 6.54 Å². The van der Waals surface area contributed by atoms with Crippen molar-refractivity contribution in [3.05, 3.63) is 35.9 Å². The van der Waals surface area contributed by atoms with Gasteiger partial charge in [0.05, 0.1) is 5.69 Å². The fourth-order valence-corrected chi connectivity index (χ4v) is 1.14. The molecule has 5 nitrogen and oxygen atoms in total. The fraction of sp³-hybridized carbons (Fsp3) is 0.125. The highest BCUT2D eigenvalue weighted by atomic mass is 19.1. The van der Waals surface area contributed by atoms with Gasteiger partial charge in [-0.2, -0.15) is 0 Å². The van der Waals surface area contributed by atoms with Gasteiger partial charge in [0.15, 0.2) is 0 Å². The third kappa shape index (κ3) is 1.47. The summed E-state index contributed by atoms with van der Waals surface area (Å²) in [6, 6.07) is 4.55. The van der Waals surface area contributed by atoms with Gasteiger partial charge in [0.1, 0.15) is 12.1 Å². The number of rotatable bonds is 2. The molecule has 0 aliphatic carbocycles. The topological polar surface area (TPSA) is 69.6 Å². The number of halogens is 1. The Hall–Kier alpha value is -1.82. The van der Waals surface area contributed by atoms with E-state index >= 15 is 0 Å². The highest BCUT2D eigenvalue weighted by molar-refractivity contribution is 5.35. The fourth-order valence-electron chi connectivity index (χ4n) is 1.14. The number of hydrogen-bond donors (Lipinski definition) is 1. The maximum absolute atomic E-state index is 13.1. The predicted octanol–water partition coefficient (Wildman–Crippen LogP) is 0.260. The van der Waals surface area contributed by atoms with Gasteiger partial charge in [-0.25, -0.2) is 9.07 Å². The van der Waals surface area contributed by atoms with Crippen LogP contribution in [0.15, 0.2) is 24.5 Å². The molecule has 0 saturated heterocycles. The summed E-state index contributed by atoms with van der Waals surface area (Å²) in [6.07, 6.45) is 1.44. The standard InChI is InChI=1S/C8H8FN5/c9-8-2-1-7(3-6(8)4-10)14-5-11-12-13-14/h1-3,5H,4,10H2. The van der Waals surface area contributed by atoms with E-state index in [0.29, 0.717) is 11.3 Å². The van der Waals surface area contributed by atoms with Gasteiger partial charge in [0.25, 0.3) is 0 Å². The molecule has 1 heterocycles. The zero-order valence-electron chi connectivity index (χ0n) is 7.26. The molecule has 2 rings (SSSR count). The summed E-state index contributed by atoms with van der Waals surface area (Å²) in [5, 5.41) is 10.7. The molecule has 0 amide bonds. The Morgan fingerprint density at radius 1 is 1.43 bits per heavy atom. The van der Waals surface area contributed by atoms with E-state index in [1.165, 1.54) is 17.1 Å². The molecule has 2 N–H and O–H groups in total. The Balaban J connectivity index is 2.46. The lowest BCUT2D eigenvalue weighted by Crippen LogP contribution is -2.03. The van der Waals surface area contributed by atoms with Crippen molar-refractivity contribution in [2.75, 3.05) is 0 Å². The van der Waals surface area contributed by atoms with Gasteiger partial charge in [-0.3, -0.25) is 0 Å². The molecular formula is C8H8FN5. The van der Waals surface area contributed by atoms with E-state index in [2.05, 4.69) is 15.5 Å². The second kappa shape index (κ2) is 3.51. The van der Waals surface area contributed by atoms with Crippen molar-refractivity contribution in [1.29, 1.82) is 0 Å². The van der Waals surface area contributed by atoms with Crippen LogP contribution in [0.3, 0.4) is 0 Å². The van der Waals surface area contributed by atoms with Gasteiger partial charge >= 0.3 is 0 Å². The van der Waals surface area contributed by atoms with Crippen LogP contribution in [0.25, 0.3) is 5.69 Å². The van der Waals surface area contributed by atoms with E-state index in [1.807, 2.05) is 0 Å². The lowest BCUT2D eigenvalue weighted by Gasteiger charge is -2.03. The number of hydrogen-bond acceptors (Lipinski definition) is 4. The zero-order chi connectivity index (χ0) is 9.97. The summed E-state index contributed by atoms with van der Waals surface area (Å²) >= 11 is 0. The Morgan fingerprint density at radius 2 is 2.29 bits per heavy atom. The summed E-state index contributed by atoms with van der Waals surface area (Å²) in [4.78, 5) is 0. The van der Waals surface area contributed by atoms with Crippen LogP contribution in [0.5, 0.6) is 0 Å². The summed E-state index contributed by atoms with van der Waals surface area (Å²) in [6.45, 7) is 0.155. The molecule has 2 aromatic rings. The number of aromatic nitrogens is 4. The molecule has 1 aromatic heterocycles. The maximum atomic E-state index is 13.1. The summed E-state index contributed by atoms with van der Waals surface area (Å²) in [5.41, 5.74) is 6.51. The molecule has 0 fully saturated rings. The smallest absolute Gasteiger partial charge is 0.143 e. The van der Waals surface area contributed by atoms with Crippen LogP contribution in [-0.4, -0.2) is 20.2 Å².